The van der Waals surface area contributed by atoms with Gasteiger partial charge in [-0.25, -0.2) is 4.79 Å². The Hall–Kier alpha value is -2.74. The smallest absolute Gasteiger partial charge is 0.378 e. The monoisotopic (exact) mass is 589 g/mol. The second-order valence-electron chi connectivity index (χ2n) is 10.2. The van der Waals surface area contributed by atoms with E-state index in [1.165, 1.54) is 18.8 Å². The minimum Gasteiger partial charge on any atom is -0.487 e. The second kappa shape index (κ2) is 12.8. The van der Waals surface area contributed by atoms with Gasteiger partial charge in [0, 0.05) is 31.6 Å². The lowest BCUT2D eigenvalue weighted by atomic mass is 10.1. The number of halogens is 6. The molecule has 0 saturated carbocycles. The van der Waals surface area contributed by atoms with E-state index in [4.69, 9.17) is 4.74 Å². The lowest BCUT2D eigenvalue weighted by molar-refractivity contribution is -0.320. The molecule has 0 radical (unpaired) electrons. The van der Waals surface area contributed by atoms with Crippen LogP contribution >= 0.6 is 7.92 Å². The van der Waals surface area contributed by atoms with E-state index < -0.39 is 44.6 Å². The molecule has 0 aliphatic rings. The zero-order valence-corrected chi connectivity index (χ0v) is 23.8. The number of carbonyl (C=O) groups is 1. The highest BCUT2D eigenvalue weighted by Crippen LogP contribution is 2.47. The van der Waals surface area contributed by atoms with Crippen LogP contribution in [0, 0.1) is 5.92 Å². The summed E-state index contributed by atoms with van der Waals surface area (Å²) >= 11 is 0. The Labute approximate surface area is 231 Å². The molecule has 4 nitrogen and oxygen atoms in total. The highest BCUT2D eigenvalue weighted by Gasteiger charge is 2.72. The van der Waals surface area contributed by atoms with E-state index in [0.29, 0.717) is 30.6 Å². The summed E-state index contributed by atoms with van der Waals surface area (Å²) in [5.74, 6) is -16.2. The lowest BCUT2D eigenvalue weighted by Gasteiger charge is -2.32. The van der Waals surface area contributed by atoms with Crippen LogP contribution in [0.1, 0.15) is 33.6 Å². The fraction of sp³-hybridized carbons (Fsp3) is 0.483. The highest BCUT2D eigenvalue weighted by atomic mass is 31.1. The first kappa shape index (κ1) is 31.8. The van der Waals surface area contributed by atoms with E-state index in [1.807, 2.05) is 41.0 Å². The van der Waals surface area contributed by atoms with Crippen LogP contribution in [0.2, 0.25) is 0 Å². The maximum atomic E-state index is 14.5. The fourth-order valence-corrected chi connectivity index (χ4v) is 5.25. The molecule has 0 aliphatic heterocycles. The van der Waals surface area contributed by atoms with Gasteiger partial charge in [-0.15, -0.1) is 0 Å². The van der Waals surface area contributed by atoms with Crippen molar-refractivity contribution in [1.29, 1.82) is 0 Å². The molecule has 0 saturated heterocycles. The Balaban J connectivity index is 1.81. The molecule has 220 valence electrons. The number of nitrogens with zero attached hydrogens (tertiary/aromatic N) is 1. The molecule has 1 aromatic heterocycles. The number of aromatic nitrogens is 1. The van der Waals surface area contributed by atoms with Crippen LogP contribution in [-0.2, 0) is 11.3 Å². The maximum Gasteiger partial charge on any atom is 0.378 e. The first-order chi connectivity index (χ1) is 18.7. The Bertz CT molecular complexity index is 1280. The number of carbonyl (C=O) groups excluding carboxylic acids is 1. The average molecular weight is 590 g/mol. The van der Waals surface area contributed by atoms with Crippen LogP contribution in [0.3, 0.4) is 0 Å². The molecule has 1 atom stereocenters. The molecule has 1 heterocycles. The minimum absolute atomic E-state index is 0.169. The molecule has 0 N–H and O–H groups in total. The Kier molecular flexibility index (Phi) is 10.2. The number of ether oxygens (including phenoxy) is 2. The largest absolute Gasteiger partial charge is 0.487 e. The van der Waals surface area contributed by atoms with Gasteiger partial charge >= 0.3 is 23.5 Å². The van der Waals surface area contributed by atoms with E-state index in [-0.39, 0.29) is 5.75 Å². The number of hydrogen-bond acceptors (Lipinski definition) is 3. The van der Waals surface area contributed by atoms with Crippen molar-refractivity contribution in [2.24, 2.45) is 5.92 Å². The fourth-order valence-electron chi connectivity index (χ4n) is 4.11. The molecular formula is C29H34F6NO3P. The number of alkyl halides is 6. The summed E-state index contributed by atoms with van der Waals surface area (Å²) in [6.45, 7) is 3.78. The van der Waals surface area contributed by atoms with Gasteiger partial charge in [0.2, 0.25) is 0 Å². The Morgan fingerprint density at radius 2 is 1.60 bits per heavy atom. The van der Waals surface area contributed by atoms with Crippen LogP contribution in [-0.4, -0.2) is 54.1 Å². The van der Waals surface area contributed by atoms with Crippen molar-refractivity contribution in [2.75, 3.05) is 26.0 Å². The van der Waals surface area contributed by atoms with Gasteiger partial charge in [-0.3, -0.25) is 0 Å². The summed E-state index contributed by atoms with van der Waals surface area (Å²) in [5, 5.41) is 0.777. The molecule has 0 aliphatic carbocycles. The Morgan fingerprint density at radius 3 is 2.23 bits per heavy atom. The maximum absolute atomic E-state index is 14.5. The van der Waals surface area contributed by atoms with Crippen molar-refractivity contribution in [2.45, 2.75) is 57.9 Å². The molecule has 11 heteroatoms. The number of hydrogen-bond donors (Lipinski definition) is 0. The van der Waals surface area contributed by atoms with Gasteiger partial charge in [0.05, 0.1) is 5.52 Å². The molecule has 1 unspecified atom stereocenters. The number of rotatable bonds is 14. The van der Waals surface area contributed by atoms with E-state index in [9.17, 15) is 31.1 Å². The van der Waals surface area contributed by atoms with Crippen molar-refractivity contribution < 1.29 is 40.6 Å². The summed E-state index contributed by atoms with van der Waals surface area (Å²) in [6.07, 6.45) is 1.72. The van der Waals surface area contributed by atoms with Crippen molar-refractivity contribution >= 4 is 24.5 Å². The van der Waals surface area contributed by atoms with Crippen LogP contribution < -0.4 is 4.74 Å². The molecule has 0 amide bonds. The van der Waals surface area contributed by atoms with Gasteiger partial charge in [-0.05, 0) is 48.9 Å². The van der Waals surface area contributed by atoms with Crippen molar-refractivity contribution in [1.82, 2.24) is 4.57 Å². The molecule has 0 spiro atoms. The predicted octanol–water partition coefficient (Wildman–Crippen LogP) is 9.30. The predicted molar refractivity (Wildman–Crippen MR) is 147 cm³/mol. The number of aryl methyl sites for hydroxylation is 1. The summed E-state index contributed by atoms with van der Waals surface area (Å²) < 4.78 is 97.6. The average Bonchev–Trinajstić information content (AvgIpc) is 3.27. The summed E-state index contributed by atoms with van der Waals surface area (Å²) in [4.78, 5) is 11.8. The summed E-state index contributed by atoms with van der Waals surface area (Å²) in [7, 11) is -1.49. The molecular weight excluding hydrogens is 555 g/mol. The Morgan fingerprint density at radius 1 is 0.950 bits per heavy atom. The SMILES string of the molecule is CCCP(C)C(=O)OCC(F)(F)C(F)(F)C(F)(F)COc1ccc2cc(-c3ccccc3)n(CCC(C)C)c2c1. The zero-order valence-electron chi connectivity index (χ0n) is 22.9. The van der Waals surface area contributed by atoms with Crippen molar-refractivity contribution in [3.8, 4) is 17.0 Å². The second-order valence-corrected chi connectivity index (χ2v) is 12.4. The third kappa shape index (κ3) is 7.12. The molecule has 3 aromatic rings. The standard InChI is InChI=1S/C29H34F6NO3P/c1-5-15-40(4)26(37)39-19-28(32,33)29(34,35)27(30,31)18-38-23-12-11-22-16-24(21-9-7-6-8-10-21)36(25(22)17-23)14-13-20(2)3/h6-12,16-17,20H,5,13-15,18-19H2,1-4H3. The van der Waals surface area contributed by atoms with Gasteiger partial charge in [0.15, 0.2) is 13.2 Å². The van der Waals surface area contributed by atoms with Crippen LogP contribution in [0.5, 0.6) is 5.75 Å². The topological polar surface area (TPSA) is 40.5 Å². The highest BCUT2D eigenvalue weighted by molar-refractivity contribution is 7.73. The molecule has 3 rings (SSSR count). The summed E-state index contributed by atoms with van der Waals surface area (Å²) in [5.41, 5.74) is 1.36. The minimum atomic E-state index is -5.83. The first-order valence-corrected chi connectivity index (χ1v) is 15.0. The third-order valence-corrected chi connectivity index (χ3v) is 8.33. The van der Waals surface area contributed by atoms with E-state index >= 15 is 0 Å². The molecule has 0 bridgehead atoms. The van der Waals surface area contributed by atoms with E-state index in [0.717, 1.165) is 23.1 Å². The van der Waals surface area contributed by atoms with Crippen LogP contribution in [0.15, 0.2) is 54.6 Å². The lowest BCUT2D eigenvalue weighted by Crippen LogP contribution is -2.58. The van der Waals surface area contributed by atoms with Gasteiger partial charge < -0.3 is 14.0 Å². The van der Waals surface area contributed by atoms with Gasteiger partial charge in [-0.2, -0.15) is 26.3 Å². The molecule has 40 heavy (non-hydrogen) atoms. The van der Waals surface area contributed by atoms with Gasteiger partial charge in [0.25, 0.3) is 0 Å². The molecule has 2 aromatic carbocycles. The number of benzene rings is 2. The molecule has 0 fully saturated rings. The normalized spacial score (nSPS) is 13.6. The van der Waals surface area contributed by atoms with Crippen molar-refractivity contribution in [3.63, 3.8) is 0 Å². The number of fused-ring (bicyclic) bond motifs is 1. The third-order valence-electron chi connectivity index (χ3n) is 6.46. The first-order valence-electron chi connectivity index (χ1n) is 13.0. The van der Waals surface area contributed by atoms with E-state index in [1.54, 1.807) is 13.0 Å². The quantitative estimate of drug-likeness (QED) is 0.139. The van der Waals surface area contributed by atoms with Crippen molar-refractivity contribution in [3.05, 3.63) is 54.6 Å². The summed E-state index contributed by atoms with van der Waals surface area (Å²) in [6, 6.07) is 15.8. The van der Waals surface area contributed by atoms with Gasteiger partial charge in [0.1, 0.15) is 5.75 Å². The van der Waals surface area contributed by atoms with Crippen LogP contribution in [0.25, 0.3) is 22.2 Å². The zero-order chi connectivity index (χ0) is 29.7. The van der Waals surface area contributed by atoms with Gasteiger partial charge in [-0.1, -0.05) is 57.5 Å². The van der Waals surface area contributed by atoms with Crippen LogP contribution in [0.4, 0.5) is 31.1 Å². The van der Waals surface area contributed by atoms with E-state index in [2.05, 4.69) is 18.6 Å².